The van der Waals surface area contributed by atoms with Crippen molar-refractivity contribution in [1.29, 1.82) is 0 Å². The van der Waals surface area contributed by atoms with E-state index in [1.165, 1.54) is 30.6 Å². The number of amides is 3. The maximum absolute atomic E-state index is 12.6. The molecule has 2 aliphatic heterocycles. The normalized spacial score (nSPS) is 22.2. The van der Waals surface area contributed by atoms with Crippen molar-refractivity contribution < 1.29 is 14.3 Å². The van der Waals surface area contributed by atoms with Crippen molar-refractivity contribution in [2.75, 3.05) is 20.7 Å². The number of fused-ring (bicyclic) bond motifs is 1. The van der Waals surface area contributed by atoms with Gasteiger partial charge in [0, 0.05) is 13.6 Å². The Morgan fingerprint density at radius 1 is 1.07 bits per heavy atom. The molecule has 1 aromatic rings. The van der Waals surface area contributed by atoms with E-state index in [2.05, 4.69) is 17.6 Å². The van der Waals surface area contributed by atoms with Crippen LogP contribution >= 0.6 is 0 Å². The third kappa shape index (κ3) is 5.04. The van der Waals surface area contributed by atoms with E-state index in [0.717, 1.165) is 30.7 Å². The summed E-state index contributed by atoms with van der Waals surface area (Å²) in [6, 6.07) is 6.93. The number of hydrogen-bond acceptors (Lipinski definition) is 4. The number of carbonyl (C=O) groups excluding carboxylic acids is 2. The molecule has 1 aromatic carbocycles. The van der Waals surface area contributed by atoms with E-state index in [1.54, 1.807) is 14.2 Å². The van der Waals surface area contributed by atoms with Gasteiger partial charge in [0.05, 0.1) is 13.7 Å². The highest BCUT2D eigenvalue weighted by atomic mass is 16.5. The van der Waals surface area contributed by atoms with Crippen molar-refractivity contribution >= 4 is 17.9 Å². The van der Waals surface area contributed by atoms with Crippen molar-refractivity contribution in [2.24, 2.45) is 4.99 Å². The summed E-state index contributed by atoms with van der Waals surface area (Å²) in [5.74, 6) is 1.21. The fourth-order valence-electron chi connectivity index (χ4n) is 3.92. The minimum atomic E-state index is -0.460. The number of methoxy groups -OCH3 is 1. The van der Waals surface area contributed by atoms with E-state index >= 15 is 0 Å². The zero-order chi connectivity index (χ0) is 21.5. The fourth-order valence-corrected chi connectivity index (χ4v) is 3.92. The number of nitrogens with one attached hydrogen (secondary N) is 2. The summed E-state index contributed by atoms with van der Waals surface area (Å²) >= 11 is 0. The van der Waals surface area contributed by atoms with Gasteiger partial charge in [-0.05, 0) is 24.1 Å². The smallest absolute Gasteiger partial charge is 0.325 e. The van der Waals surface area contributed by atoms with E-state index in [0.29, 0.717) is 12.5 Å². The lowest BCUT2D eigenvalue weighted by Gasteiger charge is -2.35. The minimum absolute atomic E-state index is 0.267. The summed E-state index contributed by atoms with van der Waals surface area (Å²) in [6.07, 6.45) is 6.64. The highest BCUT2D eigenvalue weighted by Crippen LogP contribution is 2.22. The highest BCUT2D eigenvalue weighted by Gasteiger charge is 2.49. The summed E-state index contributed by atoms with van der Waals surface area (Å²) in [7, 11) is 3.34. The van der Waals surface area contributed by atoms with Gasteiger partial charge < -0.3 is 19.9 Å². The van der Waals surface area contributed by atoms with Crippen LogP contribution in [0.1, 0.15) is 51.0 Å². The molecule has 0 spiro atoms. The second-order valence-electron chi connectivity index (χ2n) is 7.89. The molecule has 30 heavy (non-hydrogen) atoms. The molecule has 2 fully saturated rings. The van der Waals surface area contributed by atoms with Crippen LogP contribution in [0.15, 0.2) is 29.3 Å². The molecular formula is C22H33N5O3. The number of hydrogen-bond donors (Lipinski definition) is 2. The van der Waals surface area contributed by atoms with Crippen molar-refractivity contribution in [2.45, 2.75) is 64.2 Å². The molecule has 2 aliphatic rings. The first-order chi connectivity index (χ1) is 14.5. The van der Waals surface area contributed by atoms with Crippen molar-refractivity contribution in [3.8, 4) is 5.75 Å². The molecule has 2 unspecified atom stereocenters. The van der Waals surface area contributed by atoms with Gasteiger partial charge in [0.25, 0.3) is 5.91 Å². The Kier molecular flexibility index (Phi) is 7.54. The van der Waals surface area contributed by atoms with Crippen molar-refractivity contribution in [3.63, 3.8) is 0 Å². The Hall–Kier alpha value is -2.77. The average Bonchev–Trinajstić information content (AvgIpc) is 3.12. The maximum Gasteiger partial charge on any atom is 0.325 e. The Morgan fingerprint density at radius 3 is 2.47 bits per heavy atom. The molecule has 0 aromatic heterocycles. The largest absolute Gasteiger partial charge is 0.497 e. The fraction of sp³-hybridized carbons (Fsp3) is 0.591. The number of likely N-dealkylation sites (N-methyl/N-ethyl adjacent to an activating group) is 1. The number of unbranched alkanes of at least 4 members (excludes halogenated alkanes) is 5. The molecule has 3 rings (SSSR count). The summed E-state index contributed by atoms with van der Waals surface area (Å²) in [5, 5.41) is 5.76. The molecule has 3 amide bonds. The zero-order valence-corrected chi connectivity index (χ0v) is 18.2. The van der Waals surface area contributed by atoms with Crippen LogP contribution in [0.4, 0.5) is 4.79 Å². The molecule has 2 saturated heterocycles. The van der Waals surface area contributed by atoms with Gasteiger partial charge in [-0.2, -0.15) is 0 Å². The molecule has 2 atom stereocenters. The molecule has 8 heteroatoms. The van der Waals surface area contributed by atoms with E-state index in [9.17, 15) is 9.59 Å². The van der Waals surface area contributed by atoms with E-state index in [-0.39, 0.29) is 11.9 Å². The summed E-state index contributed by atoms with van der Waals surface area (Å²) in [5.41, 5.74) is 1.05. The van der Waals surface area contributed by atoms with E-state index in [4.69, 9.17) is 9.73 Å². The number of imide groups is 1. The van der Waals surface area contributed by atoms with Crippen LogP contribution in [-0.2, 0) is 11.3 Å². The van der Waals surface area contributed by atoms with Crippen molar-refractivity contribution in [1.82, 2.24) is 20.4 Å². The molecule has 164 valence electrons. The number of aliphatic imine (C=N–C) groups is 1. The van der Waals surface area contributed by atoms with Gasteiger partial charge in [0.1, 0.15) is 11.9 Å². The third-order valence-corrected chi connectivity index (χ3v) is 5.74. The quantitative estimate of drug-likeness (QED) is 0.574. The third-order valence-electron chi connectivity index (χ3n) is 5.74. The van der Waals surface area contributed by atoms with Crippen LogP contribution in [0.2, 0.25) is 0 Å². The standard InChI is InChI=1S/C22H33N5O3/c1-4-5-6-7-8-9-14-27-18-19(26(2)22(29)25-20(18)28)24-21(27)23-15-16-10-12-17(30-3)13-11-16/h10-13,18-19H,4-9,14-15H2,1-3H3,(H,23,24)(H,25,28,29). The van der Waals surface area contributed by atoms with Crippen LogP contribution in [0.5, 0.6) is 5.75 Å². The number of benzene rings is 1. The van der Waals surface area contributed by atoms with Gasteiger partial charge in [0.2, 0.25) is 0 Å². The van der Waals surface area contributed by atoms with Gasteiger partial charge in [-0.1, -0.05) is 51.2 Å². The summed E-state index contributed by atoms with van der Waals surface area (Å²) in [6.45, 7) is 3.43. The molecule has 2 N–H and O–H groups in total. The van der Waals surface area contributed by atoms with Gasteiger partial charge in [-0.3, -0.25) is 10.1 Å². The van der Waals surface area contributed by atoms with Gasteiger partial charge in [0.15, 0.2) is 12.0 Å². The van der Waals surface area contributed by atoms with Crippen LogP contribution < -0.4 is 15.4 Å². The Balaban J connectivity index is 1.70. The van der Waals surface area contributed by atoms with Crippen LogP contribution in [0, 0.1) is 0 Å². The van der Waals surface area contributed by atoms with Crippen LogP contribution in [0.25, 0.3) is 0 Å². The highest BCUT2D eigenvalue weighted by molar-refractivity contribution is 6.04. The Bertz CT molecular complexity index is 765. The summed E-state index contributed by atoms with van der Waals surface area (Å²) in [4.78, 5) is 32.9. The molecule has 0 saturated carbocycles. The molecular weight excluding hydrogens is 382 g/mol. The Morgan fingerprint density at radius 2 is 1.77 bits per heavy atom. The second kappa shape index (κ2) is 10.3. The molecule has 0 aliphatic carbocycles. The SMILES string of the molecule is CCCCCCCCN1C(=NCc2ccc(OC)cc2)NC2C1C(=O)NC(=O)N2C. The number of rotatable bonds is 10. The topological polar surface area (TPSA) is 86.3 Å². The first-order valence-electron chi connectivity index (χ1n) is 10.8. The monoisotopic (exact) mass is 415 g/mol. The maximum atomic E-state index is 12.6. The first-order valence-corrected chi connectivity index (χ1v) is 10.8. The molecule has 0 radical (unpaired) electrons. The van der Waals surface area contributed by atoms with Crippen LogP contribution in [0.3, 0.4) is 0 Å². The first kappa shape index (κ1) is 21.9. The lowest BCUT2D eigenvalue weighted by molar-refractivity contribution is -0.127. The average molecular weight is 416 g/mol. The Labute approximate surface area is 178 Å². The lowest BCUT2D eigenvalue weighted by atomic mass is 10.1. The van der Waals surface area contributed by atoms with Gasteiger partial charge >= 0.3 is 6.03 Å². The number of guanidine groups is 1. The van der Waals surface area contributed by atoms with Crippen LogP contribution in [-0.4, -0.2) is 60.6 Å². The second-order valence-corrected chi connectivity index (χ2v) is 7.89. The molecule has 8 nitrogen and oxygen atoms in total. The zero-order valence-electron chi connectivity index (χ0n) is 18.2. The lowest BCUT2D eigenvalue weighted by Crippen LogP contribution is -2.64. The number of carbonyl (C=O) groups is 2. The van der Waals surface area contributed by atoms with Crippen molar-refractivity contribution in [3.05, 3.63) is 29.8 Å². The number of urea groups is 1. The van der Waals surface area contributed by atoms with Gasteiger partial charge in [-0.15, -0.1) is 0 Å². The molecule has 2 heterocycles. The van der Waals surface area contributed by atoms with Gasteiger partial charge in [-0.25, -0.2) is 9.79 Å². The predicted molar refractivity (Wildman–Crippen MR) is 116 cm³/mol. The number of nitrogens with zero attached hydrogens (tertiary/aromatic N) is 3. The van der Waals surface area contributed by atoms with E-state index in [1.807, 2.05) is 29.2 Å². The molecule has 0 bridgehead atoms. The van der Waals surface area contributed by atoms with E-state index < -0.39 is 12.2 Å². The summed E-state index contributed by atoms with van der Waals surface area (Å²) < 4.78 is 5.20. The predicted octanol–water partition coefficient (Wildman–Crippen LogP) is 2.69. The number of ether oxygens (including phenoxy) is 1. The minimum Gasteiger partial charge on any atom is -0.497 e.